The molecule has 0 aromatic carbocycles. The highest BCUT2D eigenvalue weighted by molar-refractivity contribution is 5.76. The number of rotatable bonds is 55. The predicted octanol–water partition coefficient (Wildman–Crippen LogP) is 18.1. The van der Waals surface area contributed by atoms with Crippen molar-refractivity contribution >= 4 is 11.9 Å². The summed E-state index contributed by atoms with van der Waals surface area (Å²) in [6.07, 6.45) is 65.0. The molecule has 0 spiro atoms. The lowest BCUT2D eigenvalue weighted by atomic mass is 10.0. The van der Waals surface area contributed by atoms with Crippen LogP contribution in [0, 0.1) is 0 Å². The van der Waals surface area contributed by atoms with Crippen molar-refractivity contribution in [1.82, 2.24) is 5.32 Å². The third-order valence-electron chi connectivity index (χ3n) is 13.8. The van der Waals surface area contributed by atoms with Gasteiger partial charge in [-0.1, -0.05) is 276 Å². The minimum absolute atomic E-state index is 0.0335. The largest absolute Gasteiger partial charge is 0.466 e. The maximum atomic E-state index is 12.5. The van der Waals surface area contributed by atoms with E-state index in [1.54, 1.807) is 0 Å². The molecule has 0 aliphatic rings. The molecule has 386 valence electrons. The molecule has 0 aromatic heterocycles. The van der Waals surface area contributed by atoms with E-state index >= 15 is 0 Å². The molecule has 65 heavy (non-hydrogen) atoms. The monoisotopic (exact) mass is 918 g/mol. The van der Waals surface area contributed by atoms with Crippen LogP contribution in [0.1, 0.15) is 328 Å². The molecular formula is C59H115NO5. The van der Waals surface area contributed by atoms with Crippen LogP contribution in [0.3, 0.4) is 0 Å². The normalized spacial score (nSPS) is 12.6. The lowest BCUT2D eigenvalue weighted by molar-refractivity contribution is -0.143. The smallest absolute Gasteiger partial charge is 0.305 e. The lowest BCUT2D eigenvalue weighted by Gasteiger charge is -2.22. The summed E-state index contributed by atoms with van der Waals surface area (Å²) in [4.78, 5) is 24.5. The summed E-state index contributed by atoms with van der Waals surface area (Å²) < 4.78 is 5.44. The van der Waals surface area contributed by atoms with Crippen LogP contribution >= 0.6 is 0 Å². The maximum Gasteiger partial charge on any atom is 0.305 e. The molecular weight excluding hydrogens is 803 g/mol. The van der Waals surface area contributed by atoms with Gasteiger partial charge in [-0.25, -0.2) is 0 Å². The highest BCUT2D eigenvalue weighted by Gasteiger charge is 2.20. The van der Waals surface area contributed by atoms with Crippen LogP contribution in [0.2, 0.25) is 0 Å². The van der Waals surface area contributed by atoms with Crippen LogP contribution in [0.25, 0.3) is 0 Å². The van der Waals surface area contributed by atoms with Gasteiger partial charge in [-0.2, -0.15) is 0 Å². The van der Waals surface area contributed by atoms with Crippen molar-refractivity contribution in [3.05, 3.63) is 12.2 Å². The third kappa shape index (κ3) is 51.8. The molecule has 0 saturated heterocycles. The van der Waals surface area contributed by atoms with Crippen LogP contribution in [0.4, 0.5) is 0 Å². The second-order valence-electron chi connectivity index (χ2n) is 20.3. The summed E-state index contributed by atoms with van der Waals surface area (Å²) in [5, 5.41) is 23.3. The van der Waals surface area contributed by atoms with E-state index in [2.05, 4.69) is 31.3 Å². The van der Waals surface area contributed by atoms with E-state index in [-0.39, 0.29) is 18.5 Å². The number of hydrogen-bond donors (Lipinski definition) is 3. The van der Waals surface area contributed by atoms with Crippen molar-refractivity contribution < 1.29 is 24.5 Å². The highest BCUT2D eigenvalue weighted by atomic mass is 16.5. The second-order valence-corrected chi connectivity index (χ2v) is 20.3. The Balaban J connectivity index is 3.48. The minimum Gasteiger partial charge on any atom is -0.466 e. The van der Waals surface area contributed by atoms with Crippen molar-refractivity contribution in [3.8, 4) is 0 Å². The minimum atomic E-state index is -0.686. The Bertz CT molecular complexity index is 970. The summed E-state index contributed by atoms with van der Waals surface area (Å²) in [6.45, 7) is 4.89. The molecule has 6 heteroatoms. The standard InChI is InChI=1S/C59H115NO5/c1-3-5-7-9-11-13-15-17-18-19-20-21-22-23-24-25-26-27-28-30-31-35-39-43-47-51-57(62)56(55-61)60-58(63)52-48-44-40-36-33-34-38-42-46-50-54-65-59(64)53-49-45-41-37-32-29-16-14-12-10-8-6-4-2/h34,38,56-57,61-62H,3-33,35-37,39-55H2,1-2H3,(H,60,63)/b38-34-. The fourth-order valence-corrected chi connectivity index (χ4v) is 9.28. The lowest BCUT2D eigenvalue weighted by Crippen LogP contribution is -2.45. The van der Waals surface area contributed by atoms with E-state index in [1.165, 1.54) is 218 Å². The number of carbonyl (C=O) groups excluding carboxylic acids is 2. The maximum absolute atomic E-state index is 12.5. The number of amides is 1. The molecule has 0 heterocycles. The average Bonchev–Trinajstić information content (AvgIpc) is 3.31. The zero-order chi connectivity index (χ0) is 47.2. The van der Waals surface area contributed by atoms with E-state index in [1.807, 2.05) is 0 Å². The number of hydrogen-bond acceptors (Lipinski definition) is 5. The Hall–Kier alpha value is -1.40. The summed E-state index contributed by atoms with van der Waals surface area (Å²) in [5.41, 5.74) is 0. The summed E-state index contributed by atoms with van der Waals surface area (Å²) in [7, 11) is 0. The first-order valence-corrected chi connectivity index (χ1v) is 29.4. The van der Waals surface area contributed by atoms with Gasteiger partial charge in [0.1, 0.15) is 0 Å². The van der Waals surface area contributed by atoms with Gasteiger partial charge in [0.25, 0.3) is 0 Å². The zero-order valence-corrected chi connectivity index (χ0v) is 44.0. The van der Waals surface area contributed by atoms with E-state index in [0.717, 1.165) is 77.0 Å². The van der Waals surface area contributed by atoms with Crippen molar-refractivity contribution in [3.63, 3.8) is 0 Å². The zero-order valence-electron chi connectivity index (χ0n) is 44.0. The Morgan fingerprint density at radius 3 is 1.09 bits per heavy atom. The quantitative estimate of drug-likeness (QED) is 0.0321. The van der Waals surface area contributed by atoms with Crippen molar-refractivity contribution in [1.29, 1.82) is 0 Å². The van der Waals surface area contributed by atoms with Gasteiger partial charge in [0.15, 0.2) is 0 Å². The number of allylic oxidation sites excluding steroid dienone is 2. The summed E-state index contributed by atoms with van der Waals surface area (Å²) in [5.74, 6) is -0.100. The Morgan fingerprint density at radius 1 is 0.415 bits per heavy atom. The second kappa shape index (κ2) is 55.2. The first-order chi connectivity index (χ1) is 32.0. The fourth-order valence-electron chi connectivity index (χ4n) is 9.28. The topological polar surface area (TPSA) is 95.9 Å². The van der Waals surface area contributed by atoms with Crippen LogP contribution in [0.5, 0.6) is 0 Å². The molecule has 0 aliphatic carbocycles. The Morgan fingerprint density at radius 2 is 0.723 bits per heavy atom. The molecule has 1 amide bonds. The van der Waals surface area contributed by atoms with Crippen LogP contribution < -0.4 is 5.32 Å². The van der Waals surface area contributed by atoms with Gasteiger partial charge < -0.3 is 20.3 Å². The number of esters is 1. The Labute approximate surface area is 406 Å². The van der Waals surface area contributed by atoms with E-state index in [9.17, 15) is 19.8 Å². The van der Waals surface area contributed by atoms with Gasteiger partial charge >= 0.3 is 5.97 Å². The first kappa shape index (κ1) is 63.6. The predicted molar refractivity (Wildman–Crippen MR) is 283 cm³/mol. The molecule has 0 fully saturated rings. The molecule has 0 bridgehead atoms. The van der Waals surface area contributed by atoms with Crippen molar-refractivity contribution in [2.45, 2.75) is 341 Å². The van der Waals surface area contributed by atoms with Crippen LogP contribution in [-0.4, -0.2) is 47.4 Å². The van der Waals surface area contributed by atoms with Crippen molar-refractivity contribution in [2.24, 2.45) is 0 Å². The summed E-state index contributed by atoms with van der Waals surface area (Å²) >= 11 is 0. The highest BCUT2D eigenvalue weighted by Crippen LogP contribution is 2.18. The van der Waals surface area contributed by atoms with Gasteiger partial charge in [0.2, 0.25) is 5.91 Å². The summed E-state index contributed by atoms with van der Waals surface area (Å²) in [6, 6.07) is -0.567. The Kier molecular flexibility index (Phi) is 54.0. The molecule has 2 unspecified atom stereocenters. The first-order valence-electron chi connectivity index (χ1n) is 29.4. The van der Waals surface area contributed by atoms with Gasteiger partial charge in [-0.3, -0.25) is 9.59 Å². The third-order valence-corrected chi connectivity index (χ3v) is 13.8. The van der Waals surface area contributed by atoms with Crippen LogP contribution in [0.15, 0.2) is 12.2 Å². The van der Waals surface area contributed by atoms with E-state index < -0.39 is 12.1 Å². The number of nitrogens with one attached hydrogen (secondary N) is 1. The van der Waals surface area contributed by atoms with Gasteiger partial charge in [-0.15, -0.1) is 0 Å². The molecule has 0 saturated carbocycles. The van der Waals surface area contributed by atoms with Crippen molar-refractivity contribution in [2.75, 3.05) is 13.2 Å². The number of carbonyl (C=O) groups is 2. The number of aliphatic hydroxyl groups is 2. The molecule has 0 aromatic rings. The van der Waals surface area contributed by atoms with Gasteiger partial charge in [-0.05, 0) is 51.4 Å². The SMILES string of the molecule is CCCCCCCCCCCCCCCCCCCCCCCCCCCC(O)C(CO)NC(=O)CCCCCC/C=C\CCCCOC(=O)CCCCCCCCCCCCCCC. The molecule has 0 rings (SSSR count). The molecule has 0 radical (unpaired) electrons. The number of aliphatic hydroxyl groups excluding tert-OH is 2. The number of ether oxygens (including phenoxy) is 1. The molecule has 6 nitrogen and oxygen atoms in total. The van der Waals surface area contributed by atoms with E-state index in [0.29, 0.717) is 25.9 Å². The van der Waals surface area contributed by atoms with Gasteiger partial charge in [0, 0.05) is 12.8 Å². The molecule has 3 N–H and O–H groups in total. The van der Waals surface area contributed by atoms with Crippen LogP contribution in [-0.2, 0) is 14.3 Å². The van der Waals surface area contributed by atoms with Gasteiger partial charge in [0.05, 0.1) is 25.4 Å². The fraction of sp³-hybridized carbons (Fsp3) is 0.932. The van der Waals surface area contributed by atoms with E-state index in [4.69, 9.17) is 4.74 Å². The molecule has 2 atom stereocenters. The average molecular weight is 919 g/mol. The molecule has 0 aliphatic heterocycles. The number of unbranched alkanes of at least 4 members (excludes halogenated alkanes) is 42.